The number of alkyl halides is 2. The summed E-state index contributed by atoms with van der Waals surface area (Å²) in [7, 11) is 0. The Labute approximate surface area is 122 Å². The lowest BCUT2D eigenvalue weighted by molar-refractivity contribution is 0.490. The van der Waals surface area contributed by atoms with E-state index in [-0.39, 0.29) is 5.56 Å². The van der Waals surface area contributed by atoms with Crippen LogP contribution < -0.4 is 5.56 Å². The van der Waals surface area contributed by atoms with Crippen LogP contribution in [0.25, 0.3) is 0 Å². The van der Waals surface area contributed by atoms with Gasteiger partial charge in [-0.25, -0.2) is 4.98 Å². The Balaban J connectivity index is 2.55. The van der Waals surface area contributed by atoms with Crippen LogP contribution in [0.5, 0.6) is 0 Å². The van der Waals surface area contributed by atoms with Crippen molar-refractivity contribution in [2.24, 2.45) is 0 Å². The van der Waals surface area contributed by atoms with Gasteiger partial charge in [0.2, 0.25) is 0 Å². The highest BCUT2D eigenvalue weighted by molar-refractivity contribution is 14.1. The summed E-state index contributed by atoms with van der Waals surface area (Å²) < 4.78 is 3.71. The minimum absolute atomic E-state index is 0.216. The van der Waals surface area contributed by atoms with Crippen molar-refractivity contribution in [3.05, 3.63) is 27.4 Å². The van der Waals surface area contributed by atoms with E-state index < -0.39 is 0 Å². The lowest BCUT2D eigenvalue weighted by Crippen LogP contribution is -2.32. The van der Waals surface area contributed by atoms with E-state index in [4.69, 9.17) is 0 Å². The Hall–Kier alpha value is 0.340. The van der Waals surface area contributed by atoms with Gasteiger partial charge in [0, 0.05) is 27.4 Å². The van der Waals surface area contributed by atoms with E-state index in [1.165, 1.54) is 6.42 Å². The molecular weight excluding hydrogens is 430 g/mol. The van der Waals surface area contributed by atoms with Gasteiger partial charge in [0.05, 0.1) is 5.69 Å². The minimum Gasteiger partial charge on any atom is -0.296 e. The average Bonchev–Trinajstić information content (AvgIpc) is 2.33. The molecule has 5 heteroatoms. The lowest BCUT2D eigenvalue weighted by Gasteiger charge is -2.19. The molecule has 0 saturated carbocycles. The fourth-order valence-electron chi connectivity index (χ4n) is 2.12. The van der Waals surface area contributed by atoms with Gasteiger partial charge in [-0.1, -0.05) is 45.2 Å². The Morgan fingerprint density at radius 3 is 2.81 bits per heavy atom. The summed E-state index contributed by atoms with van der Waals surface area (Å²) in [5.74, 6) is 1.00. The van der Waals surface area contributed by atoms with Crippen molar-refractivity contribution in [1.29, 1.82) is 0 Å². The maximum atomic E-state index is 12.3. The molecule has 0 amide bonds. The van der Waals surface area contributed by atoms with Crippen LogP contribution in [-0.2, 0) is 23.8 Å². The molecule has 16 heavy (non-hydrogen) atoms. The van der Waals surface area contributed by atoms with E-state index in [1.54, 1.807) is 0 Å². The monoisotopic (exact) mass is 444 g/mol. The van der Waals surface area contributed by atoms with Crippen molar-refractivity contribution in [2.45, 2.75) is 36.7 Å². The summed E-state index contributed by atoms with van der Waals surface area (Å²) in [6, 6.07) is 0. The zero-order valence-electron chi connectivity index (χ0n) is 9.01. The molecule has 0 bridgehead atoms. The van der Waals surface area contributed by atoms with Gasteiger partial charge in [-0.15, -0.1) is 0 Å². The molecule has 2 rings (SSSR count). The molecule has 1 aliphatic rings. The van der Waals surface area contributed by atoms with Gasteiger partial charge in [-0.3, -0.25) is 9.36 Å². The summed E-state index contributed by atoms with van der Waals surface area (Å²) in [5, 5.41) is 0. The molecule has 0 atom stereocenters. The summed E-state index contributed by atoms with van der Waals surface area (Å²) in [5.41, 5.74) is 2.16. The maximum Gasteiger partial charge on any atom is 0.256 e. The topological polar surface area (TPSA) is 34.9 Å². The number of rotatable bonds is 3. The molecule has 3 nitrogen and oxygen atoms in total. The van der Waals surface area contributed by atoms with Gasteiger partial charge in [0.25, 0.3) is 5.56 Å². The first kappa shape index (κ1) is 12.8. The number of halogens is 2. The van der Waals surface area contributed by atoms with Gasteiger partial charge < -0.3 is 0 Å². The molecule has 0 saturated heterocycles. The van der Waals surface area contributed by atoms with Crippen molar-refractivity contribution in [2.75, 3.05) is 4.43 Å². The van der Waals surface area contributed by atoms with E-state index >= 15 is 0 Å². The van der Waals surface area contributed by atoms with Crippen molar-refractivity contribution in [1.82, 2.24) is 9.55 Å². The van der Waals surface area contributed by atoms with Crippen LogP contribution in [0.15, 0.2) is 4.79 Å². The van der Waals surface area contributed by atoms with Crippen LogP contribution in [-0.4, -0.2) is 14.0 Å². The second-order valence-corrected chi connectivity index (χ2v) is 5.78. The van der Waals surface area contributed by atoms with Crippen LogP contribution in [0.4, 0.5) is 0 Å². The first-order valence-corrected chi connectivity index (χ1v) is 8.56. The fraction of sp³-hybridized carbons (Fsp3) is 0.636. The SMILES string of the molecule is O=c1c(CCI)c(CI)nc2n1CCCC2. The van der Waals surface area contributed by atoms with Crippen molar-refractivity contribution in [3.8, 4) is 0 Å². The second kappa shape index (κ2) is 5.79. The van der Waals surface area contributed by atoms with E-state index in [0.29, 0.717) is 0 Å². The average molecular weight is 444 g/mol. The smallest absolute Gasteiger partial charge is 0.256 e. The summed E-state index contributed by atoms with van der Waals surface area (Å²) in [4.78, 5) is 17.0. The Kier molecular flexibility index (Phi) is 4.63. The third-order valence-electron chi connectivity index (χ3n) is 2.93. The van der Waals surface area contributed by atoms with Crippen LogP contribution in [0.1, 0.15) is 29.9 Å². The predicted octanol–water partition coefficient (Wildman–Crippen LogP) is 2.49. The first-order chi connectivity index (χ1) is 7.77. The zero-order chi connectivity index (χ0) is 11.5. The highest BCUT2D eigenvalue weighted by atomic mass is 127. The van der Waals surface area contributed by atoms with Gasteiger partial charge >= 0.3 is 0 Å². The van der Waals surface area contributed by atoms with Gasteiger partial charge in [-0.2, -0.15) is 0 Å². The maximum absolute atomic E-state index is 12.3. The molecule has 0 aromatic carbocycles. The number of aromatic nitrogens is 2. The standard InChI is InChI=1S/C11H14I2N2O/c12-5-4-8-9(7-13)14-10-3-1-2-6-15(10)11(8)16/h1-7H2. The minimum atomic E-state index is 0.216. The molecular formula is C11H14I2N2O. The number of aryl methyl sites for hydroxylation is 1. The molecule has 1 aromatic heterocycles. The van der Waals surface area contributed by atoms with Gasteiger partial charge in [0.15, 0.2) is 0 Å². The third kappa shape index (κ3) is 2.44. The molecule has 0 N–H and O–H groups in total. The van der Waals surface area contributed by atoms with Crippen molar-refractivity contribution >= 4 is 45.2 Å². The first-order valence-electron chi connectivity index (χ1n) is 5.51. The lowest BCUT2D eigenvalue weighted by atomic mass is 10.1. The highest BCUT2D eigenvalue weighted by Crippen LogP contribution is 2.15. The predicted molar refractivity (Wildman–Crippen MR) is 81.8 cm³/mol. The van der Waals surface area contributed by atoms with Crippen LogP contribution in [0.3, 0.4) is 0 Å². The zero-order valence-corrected chi connectivity index (χ0v) is 13.3. The number of hydrogen-bond acceptors (Lipinski definition) is 2. The van der Waals surface area contributed by atoms with Gasteiger partial charge in [-0.05, 0) is 19.3 Å². The molecule has 1 aromatic rings. The van der Waals surface area contributed by atoms with E-state index in [2.05, 4.69) is 50.2 Å². The van der Waals surface area contributed by atoms with Crippen LogP contribution >= 0.6 is 45.2 Å². The van der Waals surface area contributed by atoms with Crippen LogP contribution in [0, 0.1) is 0 Å². The molecule has 0 aliphatic carbocycles. The van der Waals surface area contributed by atoms with E-state index in [0.717, 1.165) is 51.7 Å². The number of fused-ring (bicyclic) bond motifs is 1. The van der Waals surface area contributed by atoms with Gasteiger partial charge in [0.1, 0.15) is 5.82 Å². The van der Waals surface area contributed by atoms with E-state index in [1.807, 2.05) is 4.57 Å². The summed E-state index contributed by atoms with van der Waals surface area (Å²) in [6.45, 7) is 0.858. The molecule has 0 spiro atoms. The quantitative estimate of drug-likeness (QED) is 0.531. The number of hydrogen-bond donors (Lipinski definition) is 0. The van der Waals surface area contributed by atoms with E-state index in [9.17, 15) is 4.79 Å². The van der Waals surface area contributed by atoms with Crippen molar-refractivity contribution in [3.63, 3.8) is 0 Å². The summed E-state index contributed by atoms with van der Waals surface area (Å²) in [6.07, 6.45) is 4.09. The Bertz CT molecular complexity index is 442. The Morgan fingerprint density at radius 2 is 2.12 bits per heavy atom. The third-order valence-corrected chi connectivity index (χ3v) is 4.19. The Morgan fingerprint density at radius 1 is 1.31 bits per heavy atom. The highest BCUT2D eigenvalue weighted by Gasteiger charge is 2.17. The largest absolute Gasteiger partial charge is 0.296 e. The second-order valence-electron chi connectivity index (χ2n) is 3.94. The molecule has 0 radical (unpaired) electrons. The molecule has 0 unspecified atom stereocenters. The molecule has 88 valence electrons. The molecule has 0 fully saturated rings. The van der Waals surface area contributed by atoms with Crippen LogP contribution in [0.2, 0.25) is 0 Å². The summed E-state index contributed by atoms with van der Waals surface area (Å²) >= 11 is 4.61. The molecule has 1 aliphatic heterocycles. The molecule has 2 heterocycles. The van der Waals surface area contributed by atoms with Crippen molar-refractivity contribution < 1.29 is 0 Å². The fourth-order valence-corrected chi connectivity index (χ4v) is 3.29. The number of nitrogens with zero attached hydrogens (tertiary/aromatic N) is 2. The normalized spacial score (nSPS) is 14.9.